The number of carbonyl (C=O) groups is 2. The van der Waals surface area contributed by atoms with E-state index in [1.807, 2.05) is 25.1 Å². The Balaban J connectivity index is 2.39. The molecule has 2 rings (SSSR count). The van der Waals surface area contributed by atoms with Crippen molar-refractivity contribution in [2.24, 2.45) is 0 Å². The Morgan fingerprint density at radius 1 is 1.31 bits per heavy atom. The molecule has 0 fully saturated rings. The van der Waals surface area contributed by atoms with Crippen molar-refractivity contribution >= 4 is 12.1 Å². The molecular weight excluding hydrogens is 202 g/mol. The molecule has 0 spiro atoms. The largest absolute Gasteiger partial charge is 0.358 e. The SMILES string of the molecule is Cc1ccccc1C(=O)c1c[nH]c(C=O)c1. The van der Waals surface area contributed by atoms with Gasteiger partial charge in [0.25, 0.3) is 0 Å². The van der Waals surface area contributed by atoms with Crippen molar-refractivity contribution in [2.45, 2.75) is 6.92 Å². The van der Waals surface area contributed by atoms with E-state index >= 15 is 0 Å². The maximum absolute atomic E-state index is 12.1. The van der Waals surface area contributed by atoms with Gasteiger partial charge in [-0.3, -0.25) is 9.59 Å². The second kappa shape index (κ2) is 4.14. The molecule has 0 bridgehead atoms. The highest BCUT2D eigenvalue weighted by atomic mass is 16.1. The predicted octanol–water partition coefficient (Wildman–Crippen LogP) is 2.37. The fourth-order valence-corrected chi connectivity index (χ4v) is 1.59. The summed E-state index contributed by atoms with van der Waals surface area (Å²) in [5.41, 5.74) is 2.52. The van der Waals surface area contributed by atoms with E-state index in [0.29, 0.717) is 23.1 Å². The monoisotopic (exact) mass is 213 g/mol. The van der Waals surface area contributed by atoms with Crippen LogP contribution in [0.5, 0.6) is 0 Å². The number of hydrogen-bond donors (Lipinski definition) is 1. The fraction of sp³-hybridized carbons (Fsp3) is 0.0769. The first kappa shape index (κ1) is 10.4. The molecule has 1 N–H and O–H groups in total. The van der Waals surface area contributed by atoms with E-state index in [2.05, 4.69) is 4.98 Å². The van der Waals surface area contributed by atoms with Crippen LogP contribution in [0.4, 0.5) is 0 Å². The number of ketones is 1. The molecule has 0 atom stereocenters. The van der Waals surface area contributed by atoms with Crippen molar-refractivity contribution in [1.29, 1.82) is 0 Å². The maximum Gasteiger partial charge on any atom is 0.194 e. The summed E-state index contributed by atoms with van der Waals surface area (Å²) in [6.07, 6.45) is 2.24. The summed E-state index contributed by atoms with van der Waals surface area (Å²) in [7, 11) is 0. The molecule has 80 valence electrons. The molecule has 3 nitrogen and oxygen atoms in total. The van der Waals surface area contributed by atoms with Gasteiger partial charge >= 0.3 is 0 Å². The molecule has 0 saturated heterocycles. The lowest BCUT2D eigenvalue weighted by atomic mass is 10.0. The van der Waals surface area contributed by atoms with E-state index in [4.69, 9.17) is 0 Å². The smallest absolute Gasteiger partial charge is 0.194 e. The van der Waals surface area contributed by atoms with Crippen LogP contribution in [0.1, 0.15) is 32.0 Å². The minimum absolute atomic E-state index is 0.0672. The second-order valence-corrected chi connectivity index (χ2v) is 3.61. The molecule has 0 aliphatic heterocycles. The second-order valence-electron chi connectivity index (χ2n) is 3.61. The van der Waals surface area contributed by atoms with Gasteiger partial charge in [-0.2, -0.15) is 0 Å². The van der Waals surface area contributed by atoms with E-state index in [1.54, 1.807) is 18.3 Å². The third-order valence-corrected chi connectivity index (χ3v) is 2.48. The van der Waals surface area contributed by atoms with Gasteiger partial charge in [-0.25, -0.2) is 0 Å². The van der Waals surface area contributed by atoms with Crippen molar-refractivity contribution in [3.8, 4) is 0 Å². The highest BCUT2D eigenvalue weighted by molar-refractivity contribution is 6.10. The van der Waals surface area contributed by atoms with E-state index < -0.39 is 0 Å². The lowest BCUT2D eigenvalue weighted by molar-refractivity contribution is 0.103. The van der Waals surface area contributed by atoms with Crippen LogP contribution in [0.15, 0.2) is 36.5 Å². The van der Waals surface area contributed by atoms with Gasteiger partial charge in [0.1, 0.15) is 0 Å². The van der Waals surface area contributed by atoms with Gasteiger partial charge in [0.2, 0.25) is 0 Å². The van der Waals surface area contributed by atoms with Gasteiger partial charge in [0.05, 0.1) is 5.69 Å². The average molecular weight is 213 g/mol. The van der Waals surface area contributed by atoms with Gasteiger partial charge < -0.3 is 4.98 Å². The van der Waals surface area contributed by atoms with Crippen molar-refractivity contribution < 1.29 is 9.59 Å². The predicted molar refractivity (Wildman–Crippen MR) is 60.8 cm³/mol. The summed E-state index contributed by atoms with van der Waals surface area (Å²) < 4.78 is 0. The number of rotatable bonds is 3. The Hall–Kier alpha value is -2.16. The normalized spacial score (nSPS) is 10.1. The Kier molecular flexibility index (Phi) is 2.68. The van der Waals surface area contributed by atoms with Crippen LogP contribution in [0, 0.1) is 6.92 Å². The first-order valence-electron chi connectivity index (χ1n) is 4.96. The number of aromatic amines is 1. The molecule has 3 heteroatoms. The zero-order valence-corrected chi connectivity index (χ0v) is 8.86. The van der Waals surface area contributed by atoms with Crippen LogP contribution in [0.2, 0.25) is 0 Å². The first-order chi connectivity index (χ1) is 7.72. The highest BCUT2D eigenvalue weighted by Gasteiger charge is 2.12. The highest BCUT2D eigenvalue weighted by Crippen LogP contribution is 2.14. The molecular formula is C13H11NO2. The number of carbonyl (C=O) groups excluding carboxylic acids is 2. The third kappa shape index (κ3) is 1.80. The average Bonchev–Trinajstić information content (AvgIpc) is 2.77. The number of aldehydes is 1. The Bertz CT molecular complexity index is 540. The van der Waals surface area contributed by atoms with E-state index in [-0.39, 0.29) is 5.78 Å². The first-order valence-corrected chi connectivity index (χ1v) is 4.96. The topological polar surface area (TPSA) is 49.9 Å². The van der Waals surface area contributed by atoms with E-state index in [0.717, 1.165) is 5.56 Å². The van der Waals surface area contributed by atoms with Gasteiger partial charge in [-0.1, -0.05) is 24.3 Å². The number of hydrogen-bond acceptors (Lipinski definition) is 2. The number of aromatic nitrogens is 1. The zero-order valence-electron chi connectivity index (χ0n) is 8.86. The lowest BCUT2D eigenvalue weighted by Crippen LogP contribution is -2.01. The number of H-pyrrole nitrogens is 1. The van der Waals surface area contributed by atoms with Gasteiger partial charge in [0, 0.05) is 17.3 Å². The molecule has 1 aromatic heterocycles. The van der Waals surface area contributed by atoms with E-state index in [9.17, 15) is 9.59 Å². The molecule has 0 unspecified atom stereocenters. The molecule has 2 aromatic rings. The fourth-order valence-electron chi connectivity index (χ4n) is 1.59. The molecule has 0 saturated carbocycles. The minimum atomic E-state index is -0.0672. The third-order valence-electron chi connectivity index (χ3n) is 2.48. The summed E-state index contributed by atoms with van der Waals surface area (Å²) in [5.74, 6) is -0.0672. The zero-order chi connectivity index (χ0) is 11.5. The van der Waals surface area contributed by atoms with E-state index in [1.165, 1.54) is 0 Å². The van der Waals surface area contributed by atoms with Crippen LogP contribution < -0.4 is 0 Å². The quantitative estimate of drug-likeness (QED) is 0.628. The summed E-state index contributed by atoms with van der Waals surface area (Å²) >= 11 is 0. The number of benzene rings is 1. The molecule has 16 heavy (non-hydrogen) atoms. The van der Waals surface area contributed by atoms with Crippen molar-refractivity contribution in [3.63, 3.8) is 0 Å². The molecule has 0 aliphatic carbocycles. The lowest BCUT2D eigenvalue weighted by Gasteiger charge is -2.01. The summed E-state index contributed by atoms with van der Waals surface area (Å²) in [5, 5.41) is 0. The summed E-state index contributed by atoms with van der Waals surface area (Å²) in [6.45, 7) is 1.89. The van der Waals surface area contributed by atoms with Crippen LogP contribution in [-0.4, -0.2) is 17.1 Å². The number of aryl methyl sites for hydroxylation is 1. The summed E-state index contributed by atoms with van der Waals surface area (Å²) in [6, 6.07) is 8.95. The molecule has 0 radical (unpaired) electrons. The van der Waals surface area contributed by atoms with Crippen LogP contribution >= 0.6 is 0 Å². The Labute approximate surface area is 93.1 Å². The molecule has 1 aromatic carbocycles. The van der Waals surface area contributed by atoms with Gasteiger partial charge in [-0.05, 0) is 18.6 Å². The minimum Gasteiger partial charge on any atom is -0.358 e. The van der Waals surface area contributed by atoms with Gasteiger partial charge in [-0.15, -0.1) is 0 Å². The van der Waals surface area contributed by atoms with Crippen LogP contribution in [0.3, 0.4) is 0 Å². The van der Waals surface area contributed by atoms with Crippen LogP contribution in [0.25, 0.3) is 0 Å². The molecule has 0 amide bonds. The van der Waals surface area contributed by atoms with Crippen LogP contribution in [-0.2, 0) is 0 Å². The Morgan fingerprint density at radius 3 is 2.69 bits per heavy atom. The summed E-state index contributed by atoms with van der Waals surface area (Å²) in [4.78, 5) is 25.3. The molecule has 0 aliphatic rings. The molecule has 1 heterocycles. The Morgan fingerprint density at radius 2 is 2.06 bits per heavy atom. The standard InChI is InChI=1S/C13H11NO2/c1-9-4-2-3-5-12(9)13(16)10-6-11(8-15)14-7-10/h2-8,14H,1H3. The van der Waals surface area contributed by atoms with Crippen molar-refractivity contribution in [3.05, 3.63) is 58.9 Å². The van der Waals surface area contributed by atoms with Crippen molar-refractivity contribution in [1.82, 2.24) is 4.98 Å². The van der Waals surface area contributed by atoms with Gasteiger partial charge in [0.15, 0.2) is 12.1 Å². The number of nitrogens with one attached hydrogen (secondary N) is 1. The van der Waals surface area contributed by atoms with Crippen molar-refractivity contribution in [2.75, 3.05) is 0 Å². The maximum atomic E-state index is 12.1.